The van der Waals surface area contributed by atoms with Gasteiger partial charge in [-0.3, -0.25) is 4.79 Å². The third-order valence-electron chi connectivity index (χ3n) is 4.72. The van der Waals surface area contributed by atoms with Crippen molar-refractivity contribution in [3.8, 4) is 0 Å². The number of rotatable bonds is 6. The van der Waals surface area contributed by atoms with Crippen molar-refractivity contribution < 1.29 is 26.4 Å². The summed E-state index contributed by atoms with van der Waals surface area (Å²) >= 11 is 6.04. The van der Waals surface area contributed by atoms with Gasteiger partial charge in [0, 0.05) is 29.8 Å². The number of carbonyl (C=O) groups is 1. The molecule has 10 heteroatoms. The fourth-order valence-electron chi connectivity index (χ4n) is 3.02. The van der Waals surface area contributed by atoms with E-state index in [0.717, 1.165) is 6.26 Å². The van der Waals surface area contributed by atoms with E-state index in [0.29, 0.717) is 4.73 Å². The fourth-order valence-corrected chi connectivity index (χ4v) is 5.20. The summed E-state index contributed by atoms with van der Waals surface area (Å²) in [6, 6.07) is 12.1. The molecule has 0 bridgehead atoms. The minimum Gasteiger partial charge on any atom is -0.618 e. The molecule has 31 heavy (non-hydrogen) atoms. The number of nitrogens with zero attached hydrogens (tertiary/aromatic N) is 1. The molecule has 3 aromatic rings. The van der Waals surface area contributed by atoms with Crippen LogP contribution in [0.15, 0.2) is 70.6 Å². The van der Waals surface area contributed by atoms with Crippen molar-refractivity contribution in [2.45, 2.75) is 22.5 Å². The van der Waals surface area contributed by atoms with Gasteiger partial charge in [-0.25, -0.2) is 16.8 Å². The summed E-state index contributed by atoms with van der Waals surface area (Å²) in [5, 5.41) is 12.1. The molecule has 0 atom stereocenters. The zero-order valence-corrected chi connectivity index (χ0v) is 19.0. The van der Waals surface area contributed by atoms with Crippen LogP contribution in [0.2, 0.25) is 5.02 Å². The van der Waals surface area contributed by atoms with Crippen molar-refractivity contribution >= 4 is 37.1 Å². The van der Waals surface area contributed by atoms with Crippen LogP contribution >= 0.6 is 11.6 Å². The molecule has 0 spiro atoms. The first-order valence-corrected chi connectivity index (χ1v) is 12.9. The van der Waals surface area contributed by atoms with Crippen LogP contribution in [0.3, 0.4) is 0 Å². The average Bonchev–Trinajstić information content (AvgIpc) is 2.70. The van der Waals surface area contributed by atoms with Gasteiger partial charge in [-0.2, -0.15) is 4.73 Å². The number of hydrogen-bond donors (Lipinski definition) is 0. The predicted octanol–water partition coefficient (Wildman–Crippen LogP) is 2.89. The molecule has 0 saturated heterocycles. The van der Waals surface area contributed by atoms with Crippen LogP contribution in [0.25, 0.3) is 0 Å². The maximum Gasteiger partial charge on any atom is 0.200 e. The van der Waals surface area contributed by atoms with Crippen molar-refractivity contribution in [1.29, 1.82) is 0 Å². The standard InChI is InChI=1S/C21H18ClNO6S2/c1-14-19(4-3-11-23(14)25)21(24)20-12-16(22)6-5-15(20)13-31(28,29)18-9-7-17(8-10-18)30(2,26)27/h3-12H,13H2,1-2H3. The number of halogens is 1. The number of aromatic nitrogens is 1. The Kier molecular flexibility index (Phi) is 6.22. The van der Waals surface area contributed by atoms with Gasteiger partial charge in [0.05, 0.1) is 21.1 Å². The number of hydrogen-bond acceptors (Lipinski definition) is 6. The summed E-state index contributed by atoms with van der Waals surface area (Å²) in [6.07, 6.45) is 2.29. The molecule has 1 aromatic heterocycles. The van der Waals surface area contributed by atoms with Gasteiger partial charge in [0.1, 0.15) is 0 Å². The normalized spacial score (nSPS) is 12.0. The summed E-state index contributed by atoms with van der Waals surface area (Å²) in [7, 11) is -7.37. The van der Waals surface area contributed by atoms with E-state index in [1.807, 2.05) is 0 Å². The SMILES string of the molecule is Cc1c(C(=O)c2cc(Cl)ccc2CS(=O)(=O)c2ccc(S(C)(=O)=O)cc2)ccc[n+]1[O-]. The Morgan fingerprint density at radius 2 is 1.58 bits per heavy atom. The highest BCUT2D eigenvalue weighted by Crippen LogP contribution is 2.25. The van der Waals surface area contributed by atoms with Crippen molar-refractivity contribution in [2.24, 2.45) is 0 Å². The Hall–Kier alpha value is -2.75. The van der Waals surface area contributed by atoms with Gasteiger partial charge >= 0.3 is 0 Å². The van der Waals surface area contributed by atoms with Crippen LogP contribution in [0, 0.1) is 12.1 Å². The van der Waals surface area contributed by atoms with E-state index in [2.05, 4.69) is 0 Å². The van der Waals surface area contributed by atoms with Crippen LogP contribution in [-0.2, 0) is 25.4 Å². The summed E-state index contributed by atoms with van der Waals surface area (Å²) in [5.41, 5.74) is 0.592. The molecule has 0 aliphatic carbocycles. The van der Waals surface area contributed by atoms with Gasteiger partial charge in [-0.05, 0) is 48.0 Å². The topological polar surface area (TPSA) is 112 Å². The summed E-state index contributed by atoms with van der Waals surface area (Å²) in [4.78, 5) is 13.0. The van der Waals surface area contributed by atoms with Crippen LogP contribution in [0.5, 0.6) is 0 Å². The third kappa shape index (κ3) is 4.95. The molecule has 0 amide bonds. The van der Waals surface area contributed by atoms with Crippen LogP contribution in [0.1, 0.15) is 27.2 Å². The summed E-state index contributed by atoms with van der Waals surface area (Å²) < 4.78 is 49.6. The highest BCUT2D eigenvalue weighted by atomic mass is 35.5. The Balaban J connectivity index is 2.02. The third-order valence-corrected chi connectivity index (χ3v) is 7.77. The molecule has 0 fully saturated rings. The zero-order chi connectivity index (χ0) is 23.0. The highest BCUT2D eigenvalue weighted by Gasteiger charge is 2.24. The molecule has 7 nitrogen and oxygen atoms in total. The minimum absolute atomic E-state index is 0.000667. The van der Waals surface area contributed by atoms with E-state index in [9.17, 15) is 26.8 Å². The quantitative estimate of drug-likeness (QED) is 0.305. The molecule has 2 aromatic carbocycles. The van der Waals surface area contributed by atoms with E-state index < -0.39 is 31.2 Å². The first kappa shape index (κ1) is 22.9. The lowest BCUT2D eigenvalue weighted by molar-refractivity contribution is -0.612. The van der Waals surface area contributed by atoms with Crippen molar-refractivity contribution in [3.05, 3.63) is 93.4 Å². The number of benzene rings is 2. The molecule has 0 saturated carbocycles. The van der Waals surface area contributed by atoms with Crippen molar-refractivity contribution in [3.63, 3.8) is 0 Å². The largest absolute Gasteiger partial charge is 0.618 e. The maximum absolute atomic E-state index is 13.1. The molecule has 0 aliphatic heterocycles. The van der Waals surface area contributed by atoms with Gasteiger partial charge in [0.2, 0.25) is 5.69 Å². The lowest BCUT2D eigenvalue weighted by atomic mass is 9.98. The molecular formula is C21H18ClNO6S2. The molecule has 0 unspecified atom stereocenters. The predicted molar refractivity (Wildman–Crippen MR) is 115 cm³/mol. The van der Waals surface area contributed by atoms with E-state index in [-0.39, 0.29) is 37.2 Å². The van der Waals surface area contributed by atoms with Gasteiger partial charge in [0.25, 0.3) is 0 Å². The Labute approximate surface area is 185 Å². The fraction of sp³-hybridized carbons (Fsp3) is 0.143. The highest BCUT2D eigenvalue weighted by molar-refractivity contribution is 7.91. The molecule has 3 rings (SSSR count). The number of ketones is 1. The number of sulfone groups is 2. The van der Waals surface area contributed by atoms with Gasteiger partial charge in [0.15, 0.2) is 31.7 Å². The van der Waals surface area contributed by atoms with Crippen molar-refractivity contribution in [1.82, 2.24) is 0 Å². The Morgan fingerprint density at radius 1 is 0.968 bits per heavy atom. The van der Waals surface area contributed by atoms with E-state index in [1.54, 1.807) is 0 Å². The van der Waals surface area contributed by atoms with E-state index >= 15 is 0 Å². The van der Waals surface area contributed by atoms with Crippen LogP contribution < -0.4 is 4.73 Å². The van der Waals surface area contributed by atoms with Crippen LogP contribution in [0.4, 0.5) is 0 Å². The lowest BCUT2D eigenvalue weighted by Crippen LogP contribution is -2.31. The lowest BCUT2D eigenvalue weighted by Gasteiger charge is -2.12. The smallest absolute Gasteiger partial charge is 0.200 e. The van der Waals surface area contributed by atoms with Gasteiger partial charge in [-0.15, -0.1) is 0 Å². The Bertz CT molecular complexity index is 1380. The summed E-state index contributed by atoms with van der Waals surface area (Å²) in [6.45, 7) is 1.49. The number of pyridine rings is 1. The first-order valence-electron chi connectivity index (χ1n) is 8.95. The molecule has 0 aliphatic rings. The Morgan fingerprint density at radius 3 is 2.19 bits per heavy atom. The number of carbonyl (C=O) groups excluding carboxylic acids is 1. The molecule has 1 heterocycles. The monoisotopic (exact) mass is 479 g/mol. The van der Waals surface area contributed by atoms with Crippen molar-refractivity contribution in [2.75, 3.05) is 6.26 Å². The molecular weight excluding hydrogens is 462 g/mol. The van der Waals surface area contributed by atoms with Gasteiger partial charge < -0.3 is 5.21 Å². The molecule has 0 radical (unpaired) electrons. The van der Waals surface area contributed by atoms with Gasteiger partial charge in [-0.1, -0.05) is 17.7 Å². The second-order valence-electron chi connectivity index (χ2n) is 6.97. The van der Waals surface area contributed by atoms with E-state index in [4.69, 9.17) is 11.6 Å². The summed E-state index contributed by atoms with van der Waals surface area (Å²) in [5.74, 6) is -1.03. The van der Waals surface area contributed by atoms with Crippen LogP contribution in [-0.4, -0.2) is 28.9 Å². The second kappa shape index (κ2) is 8.41. The molecule has 0 N–H and O–H groups in total. The first-order chi connectivity index (χ1) is 14.4. The average molecular weight is 480 g/mol. The second-order valence-corrected chi connectivity index (χ2v) is 11.4. The van der Waals surface area contributed by atoms with E-state index in [1.165, 1.54) is 67.7 Å². The zero-order valence-electron chi connectivity index (χ0n) is 16.6. The maximum atomic E-state index is 13.1. The minimum atomic E-state index is -3.90. The molecule has 162 valence electrons.